The number of nitrogens with zero attached hydrogens (tertiary/aromatic N) is 1. The van der Waals surface area contributed by atoms with Crippen LogP contribution >= 0.6 is 0 Å². The summed E-state index contributed by atoms with van der Waals surface area (Å²) in [5.74, 6) is -1.21. The first-order valence-electron chi connectivity index (χ1n) is 4.79. The maximum Gasteiger partial charge on any atom is 0.126 e. The molecular formula is C12H10F2N2. The summed E-state index contributed by atoms with van der Waals surface area (Å²) in [4.78, 5) is 3.97. The van der Waals surface area contributed by atoms with Gasteiger partial charge in [0.2, 0.25) is 0 Å². The van der Waals surface area contributed by atoms with Gasteiger partial charge in [0.1, 0.15) is 11.6 Å². The molecule has 0 saturated carbocycles. The molecular weight excluding hydrogens is 210 g/mol. The molecule has 4 heteroatoms. The summed E-state index contributed by atoms with van der Waals surface area (Å²) < 4.78 is 26.0. The lowest BCUT2D eigenvalue weighted by Gasteiger charge is -2.04. The van der Waals surface area contributed by atoms with Gasteiger partial charge in [-0.15, -0.1) is 0 Å². The molecule has 2 rings (SSSR count). The Morgan fingerprint density at radius 1 is 0.938 bits per heavy atom. The van der Waals surface area contributed by atoms with Crippen LogP contribution < -0.4 is 5.73 Å². The number of halogens is 2. The monoisotopic (exact) mass is 220 g/mol. The third kappa shape index (κ3) is 2.23. The quantitative estimate of drug-likeness (QED) is 0.844. The zero-order chi connectivity index (χ0) is 11.5. The number of hydrogen-bond acceptors (Lipinski definition) is 2. The van der Waals surface area contributed by atoms with Crippen LogP contribution in [-0.4, -0.2) is 4.98 Å². The smallest absolute Gasteiger partial charge is 0.126 e. The molecule has 0 aliphatic rings. The summed E-state index contributed by atoms with van der Waals surface area (Å²) in [6.45, 7) is 0.346. The van der Waals surface area contributed by atoms with Crippen molar-refractivity contribution in [3.63, 3.8) is 0 Å². The van der Waals surface area contributed by atoms with E-state index >= 15 is 0 Å². The Labute approximate surface area is 91.7 Å². The molecule has 0 amide bonds. The van der Waals surface area contributed by atoms with E-state index in [0.29, 0.717) is 17.7 Å². The van der Waals surface area contributed by atoms with E-state index < -0.39 is 11.6 Å². The highest BCUT2D eigenvalue weighted by Gasteiger charge is 2.04. The number of pyridine rings is 1. The van der Waals surface area contributed by atoms with Crippen LogP contribution in [0.15, 0.2) is 36.7 Å². The van der Waals surface area contributed by atoms with Crippen LogP contribution in [0.3, 0.4) is 0 Å². The van der Waals surface area contributed by atoms with E-state index in [9.17, 15) is 8.78 Å². The van der Waals surface area contributed by atoms with Crippen LogP contribution in [0.25, 0.3) is 11.1 Å². The lowest BCUT2D eigenvalue weighted by molar-refractivity contribution is 0.584. The van der Waals surface area contributed by atoms with Gasteiger partial charge >= 0.3 is 0 Å². The van der Waals surface area contributed by atoms with Crippen molar-refractivity contribution in [1.29, 1.82) is 0 Å². The molecule has 2 N–H and O–H groups in total. The van der Waals surface area contributed by atoms with Gasteiger partial charge in [0.15, 0.2) is 0 Å². The second-order valence-electron chi connectivity index (χ2n) is 3.44. The Kier molecular flexibility index (Phi) is 2.92. The maximum absolute atomic E-state index is 13.0. The van der Waals surface area contributed by atoms with Crippen molar-refractivity contribution in [2.24, 2.45) is 5.73 Å². The fourth-order valence-corrected chi connectivity index (χ4v) is 1.48. The zero-order valence-electron chi connectivity index (χ0n) is 8.45. The second kappa shape index (κ2) is 4.37. The van der Waals surface area contributed by atoms with Crippen LogP contribution in [0.5, 0.6) is 0 Å². The van der Waals surface area contributed by atoms with Crippen molar-refractivity contribution in [3.8, 4) is 11.1 Å². The van der Waals surface area contributed by atoms with E-state index in [4.69, 9.17) is 5.73 Å². The summed E-state index contributed by atoms with van der Waals surface area (Å²) in [6, 6.07) is 5.13. The lowest BCUT2D eigenvalue weighted by atomic mass is 10.1. The first kappa shape index (κ1) is 10.7. The van der Waals surface area contributed by atoms with E-state index in [-0.39, 0.29) is 0 Å². The van der Waals surface area contributed by atoms with Crippen molar-refractivity contribution in [2.75, 3.05) is 0 Å². The van der Waals surface area contributed by atoms with E-state index in [1.807, 2.05) is 0 Å². The van der Waals surface area contributed by atoms with Crippen molar-refractivity contribution in [1.82, 2.24) is 4.98 Å². The van der Waals surface area contributed by atoms with Crippen molar-refractivity contribution in [3.05, 3.63) is 53.9 Å². The molecule has 1 aromatic heterocycles. The Balaban J connectivity index is 2.49. The van der Waals surface area contributed by atoms with Gasteiger partial charge in [-0.25, -0.2) is 8.78 Å². The molecule has 0 spiro atoms. The molecule has 0 unspecified atom stereocenters. The SMILES string of the molecule is NCc1cncc(-c2cc(F)cc(F)c2)c1. The van der Waals surface area contributed by atoms with Gasteiger partial charge in [-0.05, 0) is 29.3 Å². The van der Waals surface area contributed by atoms with E-state index in [1.54, 1.807) is 18.5 Å². The average molecular weight is 220 g/mol. The fourth-order valence-electron chi connectivity index (χ4n) is 1.48. The summed E-state index contributed by atoms with van der Waals surface area (Å²) >= 11 is 0. The molecule has 0 aliphatic heterocycles. The highest BCUT2D eigenvalue weighted by atomic mass is 19.1. The maximum atomic E-state index is 13.0. The van der Waals surface area contributed by atoms with Crippen LogP contribution in [0.4, 0.5) is 8.78 Å². The van der Waals surface area contributed by atoms with Crippen LogP contribution in [0.1, 0.15) is 5.56 Å². The summed E-state index contributed by atoms with van der Waals surface area (Å²) in [7, 11) is 0. The molecule has 82 valence electrons. The molecule has 0 fully saturated rings. The van der Waals surface area contributed by atoms with Crippen LogP contribution in [0, 0.1) is 11.6 Å². The van der Waals surface area contributed by atoms with Crippen LogP contribution in [0.2, 0.25) is 0 Å². The van der Waals surface area contributed by atoms with Gasteiger partial charge in [-0.2, -0.15) is 0 Å². The summed E-state index contributed by atoms with van der Waals surface area (Å²) in [6.07, 6.45) is 3.17. The highest BCUT2D eigenvalue weighted by molar-refractivity contribution is 5.63. The highest BCUT2D eigenvalue weighted by Crippen LogP contribution is 2.21. The fraction of sp³-hybridized carbons (Fsp3) is 0.0833. The van der Waals surface area contributed by atoms with Gasteiger partial charge in [-0.1, -0.05) is 0 Å². The third-order valence-electron chi connectivity index (χ3n) is 2.23. The van der Waals surface area contributed by atoms with Gasteiger partial charge < -0.3 is 5.73 Å². The molecule has 0 atom stereocenters. The Hall–Kier alpha value is -1.81. The molecule has 0 bridgehead atoms. The first-order chi connectivity index (χ1) is 7.69. The van der Waals surface area contributed by atoms with E-state index in [2.05, 4.69) is 4.98 Å². The summed E-state index contributed by atoms with van der Waals surface area (Å²) in [5, 5.41) is 0. The average Bonchev–Trinajstić information content (AvgIpc) is 2.28. The van der Waals surface area contributed by atoms with E-state index in [1.165, 1.54) is 12.1 Å². The van der Waals surface area contributed by atoms with Gasteiger partial charge in [0.05, 0.1) is 0 Å². The van der Waals surface area contributed by atoms with Gasteiger partial charge in [0.25, 0.3) is 0 Å². The van der Waals surface area contributed by atoms with Gasteiger partial charge in [-0.3, -0.25) is 4.98 Å². The number of rotatable bonds is 2. The number of hydrogen-bond donors (Lipinski definition) is 1. The van der Waals surface area contributed by atoms with Crippen molar-refractivity contribution in [2.45, 2.75) is 6.54 Å². The predicted octanol–water partition coefficient (Wildman–Crippen LogP) is 2.49. The lowest BCUT2D eigenvalue weighted by Crippen LogP contribution is -1.97. The zero-order valence-corrected chi connectivity index (χ0v) is 8.45. The van der Waals surface area contributed by atoms with E-state index in [0.717, 1.165) is 11.6 Å². The first-order valence-corrected chi connectivity index (χ1v) is 4.79. The van der Waals surface area contributed by atoms with Gasteiger partial charge in [0, 0.05) is 30.6 Å². The Morgan fingerprint density at radius 3 is 2.25 bits per heavy atom. The number of aromatic nitrogens is 1. The molecule has 1 aromatic carbocycles. The largest absolute Gasteiger partial charge is 0.326 e. The molecule has 0 saturated heterocycles. The minimum Gasteiger partial charge on any atom is -0.326 e. The minimum atomic E-state index is -0.604. The number of nitrogens with two attached hydrogens (primary N) is 1. The van der Waals surface area contributed by atoms with Crippen molar-refractivity contribution < 1.29 is 8.78 Å². The number of benzene rings is 1. The molecule has 0 radical (unpaired) electrons. The molecule has 16 heavy (non-hydrogen) atoms. The van der Waals surface area contributed by atoms with Crippen molar-refractivity contribution >= 4 is 0 Å². The third-order valence-corrected chi connectivity index (χ3v) is 2.23. The predicted molar refractivity (Wildman–Crippen MR) is 57.5 cm³/mol. The second-order valence-corrected chi connectivity index (χ2v) is 3.44. The standard InChI is InChI=1S/C12H10F2N2/c13-11-2-9(3-12(14)4-11)10-1-8(5-15)6-16-7-10/h1-4,6-7H,5,15H2. The topological polar surface area (TPSA) is 38.9 Å². The Bertz CT molecular complexity index is 492. The van der Waals surface area contributed by atoms with Crippen LogP contribution in [-0.2, 0) is 6.54 Å². The Morgan fingerprint density at radius 2 is 1.62 bits per heavy atom. The molecule has 0 aliphatic carbocycles. The molecule has 2 aromatic rings. The molecule has 2 nitrogen and oxygen atoms in total. The summed E-state index contributed by atoms with van der Waals surface area (Å²) in [5.41, 5.74) is 7.40. The normalized spacial score (nSPS) is 10.4. The molecule has 1 heterocycles. The minimum absolute atomic E-state index is 0.346.